The monoisotopic (exact) mass is 335 g/mol. The number of aliphatic imine (C=N–C) groups is 1. The summed E-state index contributed by atoms with van der Waals surface area (Å²) in [4.78, 5) is 16.6. The zero-order valence-electron chi connectivity index (χ0n) is 14.9. The van der Waals surface area contributed by atoms with Crippen LogP contribution in [-0.4, -0.2) is 19.0 Å². The molecule has 0 unspecified atom stereocenters. The third-order valence-electron chi connectivity index (χ3n) is 4.10. The molecule has 0 radical (unpaired) electrons. The first kappa shape index (κ1) is 17.0. The Kier molecular flexibility index (Phi) is 4.70. The van der Waals surface area contributed by atoms with Gasteiger partial charge in [0.05, 0.1) is 7.11 Å². The third kappa shape index (κ3) is 3.63. The second-order valence-corrected chi connectivity index (χ2v) is 6.36. The standard InChI is InChI=1S/C21H21NO3/c1-13(2)15-8-9-19(24-4)17(11-15)12-18-21(23)25-20(22-18)16-7-5-6-14(3)10-16/h5-13H,1-4H3/b18-12-. The van der Waals surface area contributed by atoms with Gasteiger partial charge in [-0.15, -0.1) is 0 Å². The lowest BCUT2D eigenvalue weighted by Crippen LogP contribution is -2.05. The molecule has 1 aliphatic heterocycles. The van der Waals surface area contributed by atoms with Crippen molar-refractivity contribution in [2.75, 3.05) is 7.11 Å². The Morgan fingerprint density at radius 2 is 1.96 bits per heavy atom. The van der Waals surface area contributed by atoms with E-state index in [0.29, 0.717) is 17.6 Å². The molecule has 3 rings (SSSR count). The van der Waals surface area contributed by atoms with Crippen molar-refractivity contribution in [1.82, 2.24) is 0 Å². The van der Waals surface area contributed by atoms with Gasteiger partial charge in [-0.2, -0.15) is 0 Å². The molecule has 2 aromatic carbocycles. The van der Waals surface area contributed by atoms with Gasteiger partial charge in [0.25, 0.3) is 0 Å². The molecule has 1 aliphatic rings. The number of methoxy groups -OCH3 is 1. The Hall–Kier alpha value is -2.88. The number of benzene rings is 2. The predicted molar refractivity (Wildman–Crippen MR) is 98.9 cm³/mol. The maximum Gasteiger partial charge on any atom is 0.363 e. The predicted octanol–water partition coefficient (Wildman–Crippen LogP) is 4.47. The van der Waals surface area contributed by atoms with E-state index in [0.717, 1.165) is 16.7 Å². The van der Waals surface area contributed by atoms with Crippen molar-refractivity contribution in [2.24, 2.45) is 4.99 Å². The first-order valence-electron chi connectivity index (χ1n) is 8.25. The highest BCUT2D eigenvalue weighted by Crippen LogP contribution is 2.28. The molecule has 25 heavy (non-hydrogen) atoms. The molecule has 0 fully saturated rings. The highest BCUT2D eigenvalue weighted by atomic mass is 16.6. The van der Waals surface area contributed by atoms with Crippen molar-refractivity contribution in [3.8, 4) is 5.75 Å². The van der Waals surface area contributed by atoms with Crippen LogP contribution in [0.1, 0.15) is 42.0 Å². The van der Waals surface area contributed by atoms with Crippen LogP contribution >= 0.6 is 0 Å². The van der Waals surface area contributed by atoms with Gasteiger partial charge in [-0.1, -0.05) is 37.6 Å². The van der Waals surface area contributed by atoms with Gasteiger partial charge in [-0.05, 0) is 48.7 Å². The van der Waals surface area contributed by atoms with Crippen LogP contribution < -0.4 is 4.74 Å². The molecule has 0 spiro atoms. The van der Waals surface area contributed by atoms with E-state index >= 15 is 0 Å². The maximum absolute atomic E-state index is 12.2. The molecule has 0 N–H and O–H groups in total. The molecule has 0 bridgehead atoms. The number of ether oxygens (including phenoxy) is 2. The molecule has 0 atom stereocenters. The summed E-state index contributed by atoms with van der Waals surface area (Å²) < 4.78 is 10.7. The summed E-state index contributed by atoms with van der Waals surface area (Å²) in [6.45, 7) is 6.23. The van der Waals surface area contributed by atoms with Crippen LogP contribution in [0.4, 0.5) is 0 Å². The quantitative estimate of drug-likeness (QED) is 0.612. The Balaban J connectivity index is 2.01. The number of carbonyl (C=O) groups excluding carboxylic acids is 1. The smallest absolute Gasteiger partial charge is 0.363 e. The van der Waals surface area contributed by atoms with E-state index in [4.69, 9.17) is 9.47 Å². The van der Waals surface area contributed by atoms with Crippen molar-refractivity contribution >= 4 is 17.9 Å². The highest BCUT2D eigenvalue weighted by Gasteiger charge is 2.24. The minimum absolute atomic E-state index is 0.274. The van der Waals surface area contributed by atoms with E-state index in [1.807, 2.05) is 49.4 Å². The zero-order valence-corrected chi connectivity index (χ0v) is 14.9. The average molecular weight is 335 g/mol. The Bertz CT molecular complexity index is 878. The summed E-state index contributed by atoms with van der Waals surface area (Å²) in [7, 11) is 1.61. The minimum Gasteiger partial charge on any atom is -0.496 e. The largest absolute Gasteiger partial charge is 0.496 e. The first-order valence-corrected chi connectivity index (χ1v) is 8.25. The second kappa shape index (κ2) is 6.93. The van der Waals surface area contributed by atoms with Crippen LogP contribution in [-0.2, 0) is 9.53 Å². The number of nitrogens with zero attached hydrogens (tertiary/aromatic N) is 1. The van der Waals surface area contributed by atoms with Crippen LogP contribution in [0, 0.1) is 6.92 Å². The summed E-state index contributed by atoms with van der Waals surface area (Å²) in [5.41, 5.74) is 4.13. The van der Waals surface area contributed by atoms with Crippen LogP contribution in [0.25, 0.3) is 6.08 Å². The molecule has 0 aliphatic carbocycles. The van der Waals surface area contributed by atoms with E-state index in [2.05, 4.69) is 18.8 Å². The SMILES string of the molecule is COc1ccc(C(C)C)cc1/C=C1\N=C(c2cccc(C)c2)OC1=O. The van der Waals surface area contributed by atoms with Crippen molar-refractivity contribution in [1.29, 1.82) is 0 Å². The fraction of sp³-hybridized carbons (Fsp3) is 0.238. The van der Waals surface area contributed by atoms with Crippen molar-refractivity contribution < 1.29 is 14.3 Å². The number of hydrogen-bond donors (Lipinski definition) is 0. The molecule has 0 aromatic heterocycles. The Morgan fingerprint density at radius 3 is 2.64 bits per heavy atom. The molecule has 0 saturated carbocycles. The third-order valence-corrected chi connectivity index (χ3v) is 4.10. The zero-order chi connectivity index (χ0) is 18.0. The van der Waals surface area contributed by atoms with E-state index < -0.39 is 5.97 Å². The molecule has 128 valence electrons. The number of rotatable bonds is 4. The van der Waals surface area contributed by atoms with Gasteiger partial charge >= 0.3 is 5.97 Å². The fourth-order valence-electron chi connectivity index (χ4n) is 2.68. The molecule has 4 nitrogen and oxygen atoms in total. The molecule has 1 heterocycles. The lowest BCUT2D eigenvalue weighted by Gasteiger charge is -2.10. The van der Waals surface area contributed by atoms with Crippen LogP contribution in [0.3, 0.4) is 0 Å². The topological polar surface area (TPSA) is 47.9 Å². The summed E-state index contributed by atoms with van der Waals surface area (Å²) >= 11 is 0. The average Bonchev–Trinajstić information content (AvgIpc) is 2.95. The number of hydrogen-bond acceptors (Lipinski definition) is 4. The summed E-state index contributed by atoms with van der Waals surface area (Å²) in [5.74, 6) is 0.960. The Morgan fingerprint density at radius 1 is 1.16 bits per heavy atom. The van der Waals surface area contributed by atoms with Crippen molar-refractivity contribution in [2.45, 2.75) is 26.7 Å². The van der Waals surface area contributed by atoms with Gasteiger partial charge in [-0.3, -0.25) is 0 Å². The fourth-order valence-corrected chi connectivity index (χ4v) is 2.68. The minimum atomic E-state index is -0.450. The van der Waals surface area contributed by atoms with Crippen molar-refractivity contribution in [3.63, 3.8) is 0 Å². The van der Waals surface area contributed by atoms with Crippen LogP contribution in [0.5, 0.6) is 5.75 Å². The first-order chi connectivity index (χ1) is 12.0. The van der Waals surface area contributed by atoms with Crippen LogP contribution in [0.2, 0.25) is 0 Å². The maximum atomic E-state index is 12.2. The number of carbonyl (C=O) groups is 1. The number of esters is 1. The summed E-state index contributed by atoms with van der Waals surface area (Å²) in [6.07, 6.45) is 1.72. The van der Waals surface area contributed by atoms with Gasteiger partial charge in [0.2, 0.25) is 5.90 Å². The molecule has 0 saturated heterocycles. The van der Waals surface area contributed by atoms with Crippen LogP contribution in [0.15, 0.2) is 53.2 Å². The summed E-state index contributed by atoms with van der Waals surface area (Å²) in [6, 6.07) is 13.7. The second-order valence-electron chi connectivity index (χ2n) is 6.36. The summed E-state index contributed by atoms with van der Waals surface area (Å²) in [5, 5.41) is 0. The lowest BCUT2D eigenvalue weighted by atomic mass is 10.00. The molecule has 4 heteroatoms. The van der Waals surface area contributed by atoms with Crippen molar-refractivity contribution in [3.05, 3.63) is 70.4 Å². The normalized spacial score (nSPS) is 15.5. The van der Waals surface area contributed by atoms with E-state index in [-0.39, 0.29) is 5.70 Å². The van der Waals surface area contributed by atoms with Gasteiger partial charge in [0, 0.05) is 11.1 Å². The van der Waals surface area contributed by atoms with Gasteiger partial charge < -0.3 is 9.47 Å². The van der Waals surface area contributed by atoms with Gasteiger partial charge in [0.15, 0.2) is 5.70 Å². The number of aryl methyl sites for hydroxylation is 1. The van der Waals surface area contributed by atoms with E-state index in [9.17, 15) is 4.79 Å². The Labute approximate surface area is 147 Å². The highest BCUT2D eigenvalue weighted by molar-refractivity contribution is 6.13. The lowest BCUT2D eigenvalue weighted by molar-refractivity contribution is -0.129. The van der Waals surface area contributed by atoms with Gasteiger partial charge in [0.1, 0.15) is 5.75 Å². The van der Waals surface area contributed by atoms with E-state index in [1.165, 1.54) is 5.56 Å². The molecule has 2 aromatic rings. The van der Waals surface area contributed by atoms with E-state index in [1.54, 1.807) is 13.2 Å². The molecular weight excluding hydrogens is 314 g/mol. The molecule has 0 amide bonds. The number of cyclic esters (lactones) is 1. The molecular formula is C21H21NO3. The van der Waals surface area contributed by atoms with Gasteiger partial charge in [-0.25, -0.2) is 9.79 Å².